The van der Waals surface area contributed by atoms with E-state index in [1.165, 1.54) is 49.6 Å². The van der Waals surface area contributed by atoms with Crippen LogP contribution in [0.1, 0.15) is 64.4 Å². The molecule has 2 N–H and O–H groups in total. The third-order valence-electron chi connectivity index (χ3n) is 4.79. The predicted molar refractivity (Wildman–Crippen MR) is 123 cm³/mol. The first-order valence-electron chi connectivity index (χ1n) is 10.5. The van der Waals surface area contributed by atoms with E-state index in [0.717, 1.165) is 12.8 Å². The molecule has 2 amide bonds. The number of nitrogens with one attached hydrogen (secondary N) is 2. The van der Waals surface area contributed by atoms with Crippen molar-refractivity contribution in [3.05, 3.63) is 39.9 Å². The van der Waals surface area contributed by atoms with Gasteiger partial charge in [-0.1, -0.05) is 50.8 Å². The van der Waals surface area contributed by atoms with Crippen LogP contribution in [0.4, 0.5) is 5.69 Å². The number of nitro groups is 1. The number of nitrogens with zero attached hydrogens (tertiary/aromatic N) is 3. The first-order valence-corrected chi connectivity index (χ1v) is 11.4. The third kappa shape index (κ3) is 8.49. The van der Waals surface area contributed by atoms with Gasteiger partial charge in [-0.2, -0.15) is 5.10 Å². The number of carbonyl (C=O) groups excluding carboxylic acids is 2. The molecule has 168 valence electrons. The maximum absolute atomic E-state index is 12.1. The first kappa shape index (κ1) is 24.5. The van der Waals surface area contributed by atoms with E-state index in [-0.39, 0.29) is 23.9 Å². The summed E-state index contributed by atoms with van der Waals surface area (Å²) in [6.07, 6.45) is 7.02. The van der Waals surface area contributed by atoms with Crippen LogP contribution in [0, 0.1) is 10.1 Å². The summed E-state index contributed by atoms with van der Waals surface area (Å²) in [4.78, 5) is 34.5. The average Bonchev–Trinajstić information content (AvgIpc) is 3.10. The average molecular weight is 448 g/mol. The van der Waals surface area contributed by atoms with Gasteiger partial charge in [-0.25, -0.2) is 0 Å². The van der Waals surface area contributed by atoms with Crippen molar-refractivity contribution >= 4 is 40.1 Å². The molecule has 10 heteroatoms. The molecule has 1 aromatic carbocycles. The Hall–Kier alpha value is -2.75. The molecule has 1 heterocycles. The maximum atomic E-state index is 12.1. The molecule has 0 saturated carbocycles. The molecule has 2 rings (SSSR count). The zero-order chi connectivity index (χ0) is 22.6. The molecular formula is C21H29N5O4S. The van der Waals surface area contributed by atoms with Gasteiger partial charge in [-0.05, 0) is 31.0 Å². The summed E-state index contributed by atoms with van der Waals surface area (Å²) in [6.45, 7) is 4.53. The molecule has 0 aliphatic carbocycles. The number of amides is 2. The molecule has 1 aromatic rings. The van der Waals surface area contributed by atoms with E-state index in [4.69, 9.17) is 0 Å². The monoisotopic (exact) mass is 447 g/mol. The molecule has 1 fully saturated rings. The van der Waals surface area contributed by atoms with Crippen molar-refractivity contribution in [3.63, 3.8) is 0 Å². The second-order valence-corrected chi connectivity index (χ2v) is 8.50. The largest absolute Gasteiger partial charge is 0.356 e. The van der Waals surface area contributed by atoms with Crippen LogP contribution in [-0.2, 0) is 9.59 Å². The fraction of sp³-hybridized carbons (Fsp3) is 0.524. The molecule has 0 unspecified atom stereocenters. The summed E-state index contributed by atoms with van der Waals surface area (Å²) >= 11 is 1.18. The standard InChI is InChI=1S/C21H29N5O4S/c1-3-4-5-6-7-8-13-22-19(27)14-18-20(28)23-21(31-18)25-24-15(2)16-9-11-17(12-10-16)26(29)30/h9-12,18H,3-8,13-14H2,1-2H3,(H,22,27)(H,23,25,28)/b24-15-/t18-/m1/s1. The van der Waals surface area contributed by atoms with Crippen molar-refractivity contribution in [1.29, 1.82) is 0 Å². The van der Waals surface area contributed by atoms with Crippen LogP contribution in [0.5, 0.6) is 0 Å². The van der Waals surface area contributed by atoms with Crippen LogP contribution in [0.2, 0.25) is 0 Å². The second-order valence-electron chi connectivity index (χ2n) is 7.31. The molecule has 9 nitrogen and oxygen atoms in total. The first-order chi connectivity index (χ1) is 14.9. The summed E-state index contributed by atoms with van der Waals surface area (Å²) < 4.78 is 0. The zero-order valence-corrected chi connectivity index (χ0v) is 18.7. The zero-order valence-electron chi connectivity index (χ0n) is 17.9. The third-order valence-corrected chi connectivity index (χ3v) is 5.86. The fourth-order valence-corrected chi connectivity index (χ4v) is 3.88. The number of benzene rings is 1. The Kier molecular flexibility index (Phi) is 10.2. The van der Waals surface area contributed by atoms with Crippen molar-refractivity contribution in [3.8, 4) is 0 Å². The van der Waals surface area contributed by atoms with E-state index in [9.17, 15) is 19.7 Å². The highest BCUT2D eigenvalue weighted by Gasteiger charge is 2.32. The summed E-state index contributed by atoms with van der Waals surface area (Å²) in [5, 5.41) is 24.2. The maximum Gasteiger partial charge on any atom is 0.269 e. The number of thioether (sulfide) groups is 1. The van der Waals surface area contributed by atoms with Gasteiger partial charge in [0, 0.05) is 25.1 Å². The van der Waals surface area contributed by atoms with Gasteiger partial charge < -0.3 is 10.6 Å². The molecule has 0 radical (unpaired) electrons. The molecule has 0 aromatic heterocycles. The van der Waals surface area contributed by atoms with Gasteiger partial charge in [0.15, 0.2) is 5.17 Å². The molecule has 0 spiro atoms. The van der Waals surface area contributed by atoms with Crippen molar-refractivity contribution < 1.29 is 14.5 Å². The number of amidine groups is 1. The van der Waals surface area contributed by atoms with Crippen LogP contribution >= 0.6 is 11.8 Å². The number of rotatable bonds is 12. The van der Waals surface area contributed by atoms with Gasteiger partial charge in [0.2, 0.25) is 11.8 Å². The summed E-state index contributed by atoms with van der Waals surface area (Å²) in [6, 6.07) is 5.98. The Labute approximate surface area is 186 Å². The van der Waals surface area contributed by atoms with Crippen LogP contribution in [-0.4, -0.2) is 39.4 Å². The van der Waals surface area contributed by atoms with E-state index in [0.29, 0.717) is 23.0 Å². The Balaban J connectivity index is 1.78. The topological polar surface area (TPSA) is 126 Å². The van der Waals surface area contributed by atoms with Gasteiger partial charge in [0.05, 0.1) is 10.6 Å². The molecule has 0 bridgehead atoms. The summed E-state index contributed by atoms with van der Waals surface area (Å²) in [5.41, 5.74) is 1.24. The van der Waals surface area contributed by atoms with Crippen molar-refractivity contribution in [2.45, 2.75) is 64.0 Å². The Bertz CT molecular complexity index is 839. The Morgan fingerprint density at radius 1 is 1.19 bits per heavy atom. The van der Waals surface area contributed by atoms with Gasteiger partial charge in [0.1, 0.15) is 5.25 Å². The highest BCUT2D eigenvalue weighted by Crippen LogP contribution is 2.22. The lowest BCUT2D eigenvalue weighted by molar-refractivity contribution is -0.384. The molecular weight excluding hydrogens is 418 g/mol. The van der Waals surface area contributed by atoms with Crippen LogP contribution in [0.3, 0.4) is 0 Å². The molecule has 1 aliphatic heterocycles. The van der Waals surface area contributed by atoms with Crippen molar-refractivity contribution in [2.75, 3.05) is 6.54 Å². The number of hydrogen-bond acceptors (Lipinski definition) is 7. The van der Waals surface area contributed by atoms with Crippen molar-refractivity contribution in [1.82, 2.24) is 10.6 Å². The van der Waals surface area contributed by atoms with Crippen LogP contribution < -0.4 is 10.6 Å². The van der Waals surface area contributed by atoms with Gasteiger partial charge in [-0.15, -0.1) is 5.10 Å². The highest BCUT2D eigenvalue weighted by molar-refractivity contribution is 8.15. The van der Waals surface area contributed by atoms with Crippen molar-refractivity contribution in [2.24, 2.45) is 10.2 Å². The minimum absolute atomic E-state index is 0.000845. The molecule has 31 heavy (non-hydrogen) atoms. The number of unbranched alkanes of at least 4 members (excludes halogenated alkanes) is 5. The highest BCUT2D eigenvalue weighted by atomic mass is 32.2. The summed E-state index contributed by atoms with van der Waals surface area (Å²) in [7, 11) is 0. The molecule has 1 atom stereocenters. The number of nitro benzene ring substituents is 1. The lowest BCUT2D eigenvalue weighted by atomic mass is 10.1. The quantitative estimate of drug-likeness (QED) is 0.218. The minimum Gasteiger partial charge on any atom is -0.356 e. The summed E-state index contributed by atoms with van der Waals surface area (Å²) in [5.74, 6) is -0.408. The van der Waals surface area contributed by atoms with E-state index in [1.807, 2.05) is 0 Å². The smallest absolute Gasteiger partial charge is 0.269 e. The molecule has 1 aliphatic rings. The number of non-ortho nitro benzene ring substituents is 1. The number of carbonyl (C=O) groups is 2. The van der Waals surface area contributed by atoms with E-state index < -0.39 is 10.2 Å². The lowest BCUT2D eigenvalue weighted by Gasteiger charge is -2.07. The van der Waals surface area contributed by atoms with Crippen LogP contribution in [0.15, 0.2) is 34.5 Å². The second kappa shape index (κ2) is 12.8. The number of hydrogen-bond donors (Lipinski definition) is 2. The lowest BCUT2D eigenvalue weighted by Crippen LogP contribution is -2.31. The van der Waals surface area contributed by atoms with Gasteiger partial charge in [0.25, 0.3) is 5.69 Å². The van der Waals surface area contributed by atoms with E-state index >= 15 is 0 Å². The van der Waals surface area contributed by atoms with E-state index in [1.54, 1.807) is 19.1 Å². The SMILES string of the molecule is CCCCCCCCNC(=O)C[C@H]1S/C(=N/N=C(/C)c2ccc([N+](=O)[O-])cc2)NC1=O. The Morgan fingerprint density at radius 2 is 1.87 bits per heavy atom. The fourth-order valence-electron chi connectivity index (χ4n) is 2.96. The predicted octanol–water partition coefficient (Wildman–Crippen LogP) is 3.77. The normalized spacial score (nSPS) is 17.6. The Morgan fingerprint density at radius 3 is 2.55 bits per heavy atom. The minimum atomic E-state index is -0.529. The van der Waals surface area contributed by atoms with Gasteiger partial charge in [-0.3, -0.25) is 19.7 Å². The van der Waals surface area contributed by atoms with Gasteiger partial charge >= 0.3 is 0 Å². The molecule has 1 saturated heterocycles. The van der Waals surface area contributed by atoms with E-state index in [2.05, 4.69) is 27.8 Å². The van der Waals surface area contributed by atoms with Crippen LogP contribution in [0.25, 0.3) is 0 Å².